The highest BCUT2D eigenvalue weighted by Crippen LogP contribution is 2.20. The molecule has 2 nitrogen and oxygen atoms in total. The Bertz CT molecular complexity index is 295. The van der Waals surface area contributed by atoms with Crippen LogP contribution >= 0.6 is 11.8 Å². The van der Waals surface area contributed by atoms with Crippen LogP contribution in [0.15, 0.2) is 29.2 Å². The van der Waals surface area contributed by atoms with E-state index in [2.05, 4.69) is 49.4 Å². The molecular formula is C13H21NOS. The SMILES string of the molecule is CCC(CO)CN(C)c1ccc(SC)cc1. The van der Waals surface area contributed by atoms with E-state index in [1.165, 1.54) is 10.6 Å². The predicted octanol–water partition coefficient (Wildman–Crippen LogP) is 2.86. The zero-order valence-corrected chi connectivity index (χ0v) is 11.1. The van der Waals surface area contributed by atoms with Gasteiger partial charge < -0.3 is 10.0 Å². The Morgan fingerprint density at radius 3 is 2.38 bits per heavy atom. The molecule has 1 rings (SSSR count). The number of nitrogens with zero attached hydrogens (tertiary/aromatic N) is 1. The van der Waals surface area contributed by atoms with Gasteiger partial charge in [0.25, 0.3) is 0 Å². The van der Waals surface area contributed by atoms with E-state index in [1.54, 1.807) is 11.8 Å². The predicted molar refractivity (Wildman–Crippen MR) is 72.4 cm³/mol. The Balaban J connectivity index is 2.61. The summed E-state index contributed by atoms with van der Waals surface area (Å²) in [5.41, 5.74) is 1.21. The van der Waals surface area contributed by atoms with E-state index >= 15 is 0 Å². The minimum Gasteiger partial charge on any atom is -0.396 e. The Morgan fingerprint density at radius 2 is 1.94 bits per heavy atom. The maximum atomic E-state index is 9.17. The molecule has 0 amide bonds. The lowest BCUT2D eigenvalue weighted by Crippen LogP contribution is -2.26. The van der Waals surface area contributed by atoms with Gasteiger partial charge in [-0.1, -0.05) is 6.92 Å². The van der Waals surface area contributed by atoms with Gasteiger partial charge in [-0.25, -0.2) is 0 Å². The Morgan fingerprint density at radius 1 is 1.31 bits per heavy atom. The van der Waals surface area contributed by atoms with Crippen LogP contribution in [0.2, 0.25) is 0 Å². The van der Waals surface area contributed by atoms with Crippen molar-refractivity contribution in [2.24, 2.45) is 5.92 Å². The molecule has 0 fully saturated rings. The highest BCUT2D eigenvalue weighted by Gasteiger charge is 2.08. The zero-order chi connectivity index (χ0) is 12.0. The van der Waals surface area contributed by atoms with Crippen LogP contribution in [0.1, 0.15) is 13.3 Å². The molecule has 0 aliphatic rings. The molecular weight excluding hydrogens is 218 g/mol. The van der Waals surface area contributed by atoms with E-state index in [4.69, 9.17) is 0 Å². The molecule has 0 bridgehead atoms. The number of benzene rings is 1. The molecule has 0 aromatic heterocycles. The number of hydrogen-bond acceptors (Lipinski definition) is 3. The second-order valence-corrected chi connectivity index (χ2v) is 4.92. The van der Waals surface area contributed by atoms with Crippen molar-refractivity contribution in [1.29, 1.82) is 0 Å². The van der Waals surface area contributed by atoms with E-state index in [0.29, 0.717) is 5.92 Å². The van der Waals surface area contributed by atoms with Crippen molar-refractivity contribution in [3.63, 3.8) is 0 Å². The number of anilines is 1. The van der Waals surface area contributed by atoms with Gasteiger partial charge in [0.15, 0.2) is 0 Å². The fourth-order valence-electron chi connectivity index (χ4n) is 1.65. The molecule has 0 heterocycles. The first kappa shape index (κ1) is 13.4. The Labute approximate surface area is 103 Å². The van der Waals surface area contributed by atoms with Gasteiger partial charge in [-0.3, -0.25) is 0 Å². The largest absolute Gasteiger partial charge is 0.396 e. The van der Waals surface area contributed by atoms with Crippen molar-refractivity contribution < 1.29 is 5.11 Å². The molecule has 1 N–H and O–H groups in total. The van der Waals surface area contributed by atoms with Gasteiger partial charge in [-0.05, 0) is 42.9 Å². The highest BCUT2D eigenvalue weighted by atomic mass is 32.2. The van der Waals surface area contributed by atoms with Crippen molar-refractivity contribution in [2.75, 3.05) is 31.4 Å². The van der Waals surface area contributed by atoms with Crippen LogP contribution in [0.3, 0.4) is 0 Å². The number of hydrogen-bond donors (Lipinski definition) is 1. The lowest BCUT2D eigenvalue weighted by atomic mass is 10.1. The first-order valence-corrected chi connectivity index (χ1v) is 6.89. The van der Waals surface area contributed by atoms with Crippen LogP contribution in [0, 0.1) is 5.92 Å². The normalized spacial score (nSPS) is 12.5. The van der Waals surface area contributed by atoms with E-state index in [9.17, 15) is 5.11 Å². The molecule has 3 heteroatoms. The molecule has 0 radical (unpaired) electrons. The maximum absolute atomic E-state index is 9.17. The monoisotopic (exact) mass is 239 g/mol. The molecule has 1 aromatic rings. The van der Waals surface area contributed by atoms with E-state index in [1.807, 2.05) is 0 Å². The van der Waals surface area contributed by atoms with Gasteiger partial charge in [0.1, 0.15) is 0 Å². The van der Waals surface area contributed by atoms with Gasteiger partial charge >= 0.3 is 0 Å². The lowest BCUT2D eigenvalue weighted by molar-refractivity contribution is 0.225. The van der Waals surface area contributed by atoms with Crippen LogP contribution in [0.25, 0.3) is 0 Å². The molecule has 0 saturated heterocycles. The van der Waals surface area contributed by atoms with Crippen LogP contribution in [-0.2, 0) is 0 Å². The molecule has 0 aliphatic heterocycles. The molecule has 1 unspecified atom stereocenters. The number of aliphatic hydroxyl groups excluding tert-OH is 1. The average molecular weight is 239 g/mol. The summed E-state index contributed by atoms with van der Waals surface area (Å²) in [5.74, 6) is 0.366. The zero-order valence-electron chi connectivity index (χ0n) is 10.3. The fraction of sp³-hybridized carbons (Fsp3) is 0.538. The second-order valence-electron chi connectivity index (χ2n) is 4.04. The van der Waals surface area contributed by atoms with E-state index < -0.39 is 0 Å². The third-order valence-corrected chi connectivity index (χ3v) is 3.62. The minimum atomic E-state index is 0.268. The lowest BCUT2D eigenvalue weighted by Gasteiger charge is -2.24. The summed E-state index contributed by atoms with van der Waals surface area (Å²) in [6.45, 7) is 3.29. The van der Waals surface area contributed by atoms with Gasteiger partial charge in [-0.2, -0.15) is 0 Å². The summed E-state index contributed by atoms with van der Waals surface area (Å²) in [5, 5.41) is 9.17. The highest BCUT2D eigenvalue weighted by molar-refractivity contribution is 7.98. The summed E-state index contributed by atoms with van der Waals surface area (Å²) in [4.78, 5) is 3.49. The molecule has 0 aliphatic carbocycles. The first-order valence-electron chi connectivity index (χ1n) is 5.67. The van der Waals surface area contributed by atoms with Crippen LogP contribution < -0.4 is 4.90 Å². The molecule has 1 atom stereocenters. The summed E-state index contributed by atoms with van der Waals surface area (Å²) in [7, 11) is 2.08. The standard InChI is InChI=1S/C13H21NOS/c1-4-11(10-15)9-14(2)12-5-7-13(16-3)8-6-12/h5-8,11,15H,4,9-10H2,1-3H3. The molecule has 1 aromatic carbocycles. The van der Waals surface area contributed by atoms with Crippen LogP contribution in [0.4, 0.5) is 5.69 Å². The van der Waals surface area contributed by atoms with Crippen LogP contribution in [-0.4, -0.2) is 31.6 Å². The van der Waals surface area contributed by atoms with Crippen molar-refractivity contribution in [3.8, 4) is 0 Å². The van der Waals surface area contributed by atoms with Crippen molar-refractivity contribution in [2.45, 2.75) is 18.2 Å². The first-order chi connectivity index (χ1) is 7.71. The topological polar surface area (TPSA) is 23.5 Å². The summed E-state index contributed by atoms with van der Waals surface area (Å²) in [6, 6.07) is 8.54. The molecule has 0 spiro atoms. The average Bonchev–Trinajstić information content (AvgIpc) is 2.35. The quantitative estimate of drug-likeness (QED) is 0.772. The summed E-state index contributed by atoms with van der Waals surface area (Å²) in [6.07, 6.45) is 3.10. The maximum Gasteiger partial charge on any atom is 0.0476 e. The third kappa shape index (κ3) is 3.72. The summed E-state index contributed by atoms with van der Waals surface area (Å²) >= 11 is 1.75. The number of rotatable bonds is 6. The minimum absolute atomic E-state index is 0.268. The third-order valence-electron chi connectivity index (χ3n) is 2.88. The number of aliphatic hydroxyl groups is 1. The van der Waals surface area contributed by atoms with Crippen molar-refractivity contribution >= 4 is 17.4 Å². The summed E-state index contributed by atoms with van der Waals surface area (Å²) < 4.78 is 0. The molecule has 16 heavy (non-hydrogen) atoms. The Kier molecular flexibility index (Phi) is 5.71. The Hall–Kier alpha value is -0.670. The van der Waals surface area contributed by atoms with Crippen molar-refractivity contribution in [1.82, 2.24) is 0 Å². The smallest absolute Gasteiger partial charge is 0.0476 e. The fourth-order valence-corrected chi connectivity index (χ4v) is 2.05. The van der Waals surface area contributed by atoms with E-state index in [0.717, 1.165) is 13.0 Å². The van der Waals surface area contributed by atoms with Gasteiger partial charge in [-0.15, -0.1) is 11.8 Å². The van der Waals surface area contributed by atoms with Gasteiger partial charge in [0, 0.05) is 30.8 Å². The second kappa shape index (κ2) is 6.81. The van der Waals surface area contributed by atoms with Gasteiger partial charge in [0.05, 0.1) is 0 Å². The van der Waals surface area contributed by atoms with E-state index in [-0.39, 0.29) is 6.61 Å². The number of thioether (sulfide) groups is 1. The van der Waals surface area contributed by atoms with Crippen LogP contribution in [0.5, 0.6) is 0 Å². The van der Waals surface area contributed by atoms with Gasteiger partial charge in [0.2, 0.25) is 0 Å². The molecule has 0 saturated carbocycles. The van der Waals surface area contributed by atoms with Crippen molar-refractivity contribution in [3.05, 3.63) is 24.3 Å². The molecule has 90 valence electrons.